The first-order valence-corrected chi connectivity index (χ1v) is 5.98. The molecule has 1 fully saturated rings. The highest BCUT2D eigenvalue weighted by atomic mass is 33.1. The van der Waals surface area contributed by atoms with Crippen LogP contribution in [0, 0.1) is 5.75 Å². The molecule has 0 nitrogen and oxygen atoms in total. The normalized spacial score (nSPS) is 24.0. The molecule has 1 saturated heterocycles. The van der Waals surface area contributed by atoms with Gasteiger partial charge in [-0.1, -0.05) is 40.9 Å². The summed E-state index contributed by atoms with van der Waals surface area (Å²) in [6.45, 7) is 0. The first kappa shape index (κ1) is 7.80. The Bertz CT molecular complexity index is 35.4. The molecule has 1 radical (unpaired) electrons. The summed E-state index contributed by atoms with van der Waals surface area (Å²) in [5.41, 5.74) is 0. The van der Waals surface area contributed by atoms with Crippen molar-refractivity contribution in [3.63, 3.8) is 0 Å². The van der Waals surface area contributed by atoms with Crippen LogP contribution in [-0.4, -0.2) is 5.75 Å². The minimum absolute atomic E-state index is 1.32. The average molecular weight is 161 g/mol. The minimum Gasteiger partial charge on any atom is -0.0938 e. The minimum atomic E-state index is 1.32. The van der Waals surface area contributed by atoms with Crippen molar-refractivity contribution >= 4 is 21.6 Å². The molecule has 0 atom stereocenters. The van der Waals surface area contributed by atoms with E-state index in [1.165, 1.54) is 37.9 Å². The standard InChI is InChI=1S/C7H13S2/c1-2-4-6-8-9-7-5-3-1/h6H,1-5,7H2. The Balaban J connectivity index is 2.02. The lowest BCUT2D eigenvalue weighted by molar-refractivity contribution is 0.676. The lowest BCUT2D eigenvalue weighted by atomic mass is 10.2. The molecule has 1 aliphatic rings. The molecule has 0 aromatic heterocycles. The van der Waals surface area contributed by atoms with E-state index >= 15 is 0 Å². The van der Waals surface area contributed by atoms with Crippen LogP contribution in [0.3, 0.4) is 0 Å². The third kappa shape index (κ3) is 4.15. The van der Waals surface area contributed by atoms with Gasteiger partial charge in [0.15, 0.2) is 0 Å². The van der Waals surface area contributed by atoms with Gasteiger partial charge in [0.25, 0.3) is 0 Å². The van der Waals surface area contributed by atoms with Crippen molar-refractivity contribution < 1.29 is 0 Å². The molecule has 0 bridgehead atoms. The van der Waals surface area contributed by atoms with E-state index in [-0.39, 0.29) is 0 Å². The Morgan fingerprint density at radius 2 is 1.89 bits per heavy atom. The van der Waals surface area contributed by atoms with E-state index in [1.807, 2.05) is 21.6 Å². The Morgan fingerprint density at radius 3 is 2.89 bits per heavy atom. The summed E-state index contributed by atoms with van der Waals surface area (Å²) in [5, 5.41) is 0. The monoisotopic (exact) mass is 161 g/mol. The zero-order valence-electron chi connectivity index (χ0n) is 5.64. The molecular formula is C7H13S2. The van der Waals surface area contributed by atoms with Crippen LogP contribution in [0.5, 0.6) is 0 Å². The van der Waals surface area contributed by atoms with E-state index in [4.69, 9.17) is 0 Å². The maximum Gasteiger partial charge on any atom is 0.0278 e. The lowest BCUT2D eigenvalue weighted by Gasteiger charge is -1.93. The summed E-state index contributed by atoms with van der Waals surface area (Å²) >= 11 is 0. The van der Waals surface area contributed by atoms with Crippen LogP contribution in [0.2, 0.25) is 0 Å². The van der Waals surface area contributed by atoms with Gasteiger partial charge in [0.1, 0.15) is 0 Å². The van der Waals surface area contributed by atoms with Gasteiger partial charge in [0.05, 0.1) is 0 Å². The van der Waals surface area contributed by atoms with E-state index < -0.39 is 0 Å². The summed E-state index contributed by atoms with van der Waals surface area (Å²) in [5.74, 6) is 3.69. The molecule has 0 saturated carbocycles. The Labute approximate surface area is 65.6 Å². The van der Waals surface area contributed by atoms with Crippen LogP contribution < -0.4 is 0 Å². The maximum atomic E-state index is 2.34. The van der Waals surface area contributed by atoms with Gasteiger partial charge in [-0.3, -0.25) is 0 Å². The van der Waals surface area contributed by atoms with Crippen LogP contribution in [0.1, 0.15) is 32.1 Å². The molecule has 0 aliphatic carbocycles. The third-order valence-corrected chi connectivity index (χ3v) is 3.72. The van der Waals surface area contributed by atoms with E-state index in [1.54, 1.807) is 0 Å². The molecule has 1 heterocycles. The van der Waals surface area contributed by atoms with Crippen molar-refractivity contribution in [2.24, 2.45) is 0 Å². The fourth-order valence-corrected chi connectivity index (χ4v) is 2.88. The molecule has 9 heavy (non-hydrogen) atoms. The van der Waals surface area contributed by atoms with Crippen LogP contribution >= 0.6 is 21.6 Å². The molecule has 0 amide bonds. The van der Waals surface area contributed by atoms with Gasteiger partial charge in [-0.25, -0.2) is 0 Å². The second kappa shape index (κ2) is 5.48. The zero-order chi connectivity index (χ0) is 6.36. The summed E-state index contributed by atoms with van der Waals surface area (Å²) in [4.78, 5) is 0. The van der Waals surface area contributed by atoms with Crippen LogP contribution in [0.25, 0.3) is 0 Å². The molecule has 0 N–H and O–H groups in total. The molecular weight excluding hydrogens is 148 g/mol. The van der Waals surface area contributed by atoms with E-state index in [0.717, 1.165) is 0 Å². The highest BCUT2D eigenvalue weighted by Crippen LogP contribution is 2.29. The Kier molecular flexibility index (Phi) is 4.75. The van der Waals surface area contributed by atoms with Crippen LogP contribution in [0.4, 0.5) is 0 Å². The fourth-order valence-electron chi connectivity index (χ4n) is 0.887. The van der Waals surface area contributed by atoms with Crippen molar-refractivity contribution in [3.8, 4) is 0 Å². The Hall–Kier alpha value is 0.700. The van der Waals surface area contributed by atoms with Crippen molar-refractivity contribution in [3.05, 3.63) is 5.75 Å². The quantitative estimate of drug-likeness (QED) is 0.499. The van der Waals surface area contributed by atoms with Crippen LogP contribution in [-0.2, 0) is 0 Å². The lowest BCUT2D eigenvalue weighted by Crippen LogP contribution is -1.76. The van der Waals surface area contributed by atoms with E-state index in [0.29, 0.717) is 0 Å². The number of rotatable bonds is 0. The van der Waals surface area contributed by atoms with Gasteiger partial charge in [0, 0.05) is 11.5 Å². The molecule has 0 aromatic rings. The number of hydrogen-bond acceptors (Lipinski definition) is 2. The smallest absolute Gasteiger partial charge is 0.0278 e. The molecule has 0 spiro atoms. The largest absolute Gasteiger partial charge is 0.0938 e. The molecule has 0 aromatic carbocycles. The highest BCUT2D eigenvalue weighted by Gasteiger charge is 1.96. The third-order valence-electron chi connectivity index (χ3n) is 1.44. The van der Waals surface area contributed by atoms with Gasteiger partial charge < -0.3 is 0 Å². The van der Waals surface area contributed by atoms with E-state index in [2.05, 4.69) is 5.75 Å². The second-order valence-electron chi connectivity index (χ2n) is 2.29. The number of hydrogen-bond donors (Lipinski definition) is 0. The molecule has 1 aliphatic heterocycles. The SMILES string of the molecule is [CH]1CCCCCCSS1. The van der Waals surface area contributed by atoms with Crippen molar-refractivity contribution in [2.75, 3.05) is 5.75 Å². The van der Waals surface area contributed by atoms with Crippen LogP contribution in [0.15, 0.2) is 0 Å². The molecule has 1 rings (SSSR count). The molecule has 53 valence electrons. The summed E-state index contributed by atoms with van der Waals surface area (Å²) < 4.78 is 0. The van der Waals surface area contributed by atoms with Gasteiger partial charge in [0.2, 0.25) is 0 Å². The van der Waals surface area contributed by atoms with Crippen molar-refractivity contribution in [1.82, 2.24) is 0 Å². The van der Waals surface area contributed by atoms with Gasteiger partial charge in [-0.05, 0) is 12.8 Å². The second-order valence-corrected chi connectivity index (χ2v) is 4.74. The van der Waals surface area contributed by atoms with E-state index in [9.17, 15) is 0 Å². The molecule has 0 unspecified atom stereocenters. The first-order valence-electron chi connectivity index (χ1n) is 3.60. The van der Waals surface area contributed by atoms with Gasteiger partial charge in [-0.15, -0.1) is 0 Å². The zero-order valence-corrected chi connectivity index (χ0v) is 7.27. The van der Waals surface area contributed by atoms with Crippen molar-refractivity contribution in [2.45, 2.75) is 32.1 Å². The summed E-state index contributed by atoms with van der Waals surface area (Å²) in [6, 6.07) is 0. The predicted molar refractivity (Wildman–Crippen MR) is 47.4 cm³/mol. The Morgan fingerprint density at radius 1 is 1.00 bits per heavy atom. The van der Waals surface area contributed by atoms with Gasteiger partial charge in [-0.2, -0.15) is 0 Å². The predicted octanol–water partition coefficient (Wildman–Crippen LogP) is 3.49. The fraction of sp³-hybridized carbons (Fsp3) is 0.857. The highest BCUT2D eigenvalue weighted by molar-refractivity contribution is 8.77. The summed E-state index contributed by atoms with van der Waals surface area (Å²) in [6.07, 6.45) is 7.04. The topological polar surface area (TPSA) is 0 Å². The molecule has 2 heteroatoms. The first-order chi connectivity index (χ1) is 4.50. The summed E-state index contributed by atoms with van der Waals surface area (Å²) in [7, 11) is 3.94. The van der Waals surface area contributed by atoms with Gasteiger partial charge >= 0.3 is 0 Å². The average Bonchev–Trinajstić information content (AvgIpc) is 2.00. The maximum absolute atomic E-state index is 2.34. The van der Waals surface area contributed by atoms with Crippen molar-refractivity contribution in [1.29, 1.82) is 0 Å².